The van der Waals surface area contributed by atoms with Crippen LogP contribution in [0.4, 0.5) is 0 Å². The quantitative estimate of drug-likeness (QED) is 0.839. The molecule has 1 heterocycles. The molecule has 1 saturated carbocycles. The van der Waals surface area contributed by atoms with E-state index in [1.165, 1.54) is 5.57 Å². The fourth-order valence-electron chi connectivity index (χ4n) is 3.38. The number of aryl methyl sites for hydroxylation is 1. The smallest absolute Gasteiger partial charge is 0.139 e. The lowest BCUT2D eigenvalue weighted by Gasteiger charge is -2.21. The van der Waals surface area contributed by atoms with Crippen molar-refractivity contribution in [1.82, 2.24) is 9.97 Å². The van der Waals surface area contributed by atoms with Gasteiger partial charge in [0.15, 0.2) is 0 Å². The number of carbonyl (C=O) groups excluding carboxylic acids is 1. The maximum absolute atomic E-state index is 12.4. The standard InChI is InChI=1S/C17H22N2O/c1-3-12-10-15(12)17(20)14-6-4-13(5-7-14)16-11(2)18-8-9-19-16/h4,8-9,12,14-15H,3,5-7,10H2,1-2H3. The third-order valence-electron chi connectivity index (χ3n) is 4.81. The number of allylic oxidation sites excluding steroid dienone is 2. The lowest BCUT2D eigenvalue weighted by Crippen LogP contribution is -2.19. The maximum atomic E-state index is 12.4. The van der Waals surface area contributed by atoms with E-state index in [-0.39, 0.29) is 5.92 Å². The Bertz CT molecular complexity index is 550. The summed E-state index contributed by atoms with van der Waals surface area (Å²) >= 11 is 0. The average molecular weight is 270 g/mol. The van der Waals surface area contributed by atoms with Crippen molar-refractivity contribution in [1.29, 1.82) is 0 Å². The van der Waals surface area contributed by atoms with Gasteiger partial charge < -0.3 is 0 Å². The van der Waals surface area contributed by atoms with Crippen molar-refractivity contribution in [2.24, 2.45) is 17.8 Å². The molecule has 106 valence electrons. The zero-order valence-electron chi connectivity index (χ0n) is 12.3. The highest BCUT2D eigenvalue weighted by atomic mass is 16.1. The molecule has 3 nitrogen and oxygen atoms in total. The van der Waals surface area contributed by atoms with Crippen LogP contribution >= 0.6 is 0 Å². The zero-order valence-corrected chi connectivity index (χ0v) is 12.3. The maximum Gasteiger partial charge on any atom is 0.139 e. The van der Waals surface area contributed by atoms with Gasteiger partial charge in [0.1, 0.15) is 5.78 Å². The second-order valence-corrected chi connectivity index (χ2v) is 6.10. The number of rotatable bonds is 4. The fourth-order valence-corrected chi connectivity index (χ4v) is 3.38. The summed E-state index contributed by atoms with van der Waals surface area (Å²) in [6.45, 7) is 4.18. The molecule has 2 aliphatic rings. The monoisotopic (exact) mass is 270 g/mol. The SMILES string of the molecule is CCC1CC1C(=O)C1CC=C(c2nccnc2C)CC1. The van der Waals surface area contributed by atoms with Gasteiger partial charge in [0, 0.05) is 24.2 Å². The minimum atomic E-state index is 0.247. The molecule has 0 saturated heterocycles. The minimum Gasteiger partial charge on any atom is -0.299 e. The minimum absolute atomic E-state index is 0.247. The molecule has 0 aliphatic heterocycles. The molecule has 20 heavy (non-hydrogen) atoms. The number of ketones is 1. The summed E-state index contributed by atoms with van der Waals surface area (Å²) in [6.07, 6.45) is 10.8. The van der Waals surface area contributed by atoms with Crippen LogP contribution in [-0.2, 0) is 4.79 Å². The largest absolute Gasteiger partial charge is 0.299 e. The topological polar surface area (TPSA) is 42.9 Å². The van der Waals surface area contributed by atoms with E-state index in [1.807, 2.05) is 6.92 Å². The van der Waals surface area contributed by atoms with Gasteiger partial charge in [-0.25, -0.2) is 0 Å². The molecule has 0 radical (unpaired) electrons. The first kappa shape index (κ1) is 13.5. The van der Waals surface area contributed by atoms with Crippen LogP contribution in [0.1, 0.15) is 50.4 Å². The van der Waals surface area contributed by atoms with E-state index in [1.54, 1.807) is 12.4 Å². The number of hydrogen-bond acceptors (Lipinski definition) is 3. The lowest BCUT2D eigenvalue weighted by atomic mass is 9.83. The summed E-state index contributed by atoms with van der Waals surface area (Å²) in [7, 11) is 0. The van der Waals surface area contributed by atoms with Gasteiger partial charge in [0.05, 0.1) is 11.4 Å². The zero-order chi connectivity index (χ0) is 14.1. The summed E-state index contributed by atoms with van der Waals surface area (Å²) in [5, 5.41) is 0. The summed E-state index contributed by atoms with van der Waals surface area (Å²) in [5.74, 6) is 1.81. The molecule has 3 rings (SSSR count). The highest BCUT2D eigenvalue weighted by Crippen LogP contribution is 2.45. The second kappa shape index (κ2) is 5.47. The Morgan fingerprint density at radius 3 is 2.75 bits per heavy atom. The van der Waals surface area contributed by atoms with Gasteiger partial charge in [0.2, 0.25) is 0 Å². The molecule has 0 aromatic carbocycles. The van der Waals surface area contributed by atoms with Crippen LogP contribution in [0.15, 0.2) is 18.5 Å². The number of hydrogen-bond donors (Lipinski definition) is 0. The van der Waals surface area contributed by atoms with Crippen LogP contribution in [-0.4, -0.2) is 15.8 Å². The normalized spacial score (nSPS) is 28.9. The highest BCUT2D eigenvalue weighted by molar-refractivity contribution is 5.87. The van der Waals surface area contributed by atoms with Crippen molar-refractivity contribution in [2.75, 3.05) is 0 Å². The van der Waals surface area contributed by atoms with Gasteiger partial charge in [-0.05, 0) is 44.1 Å². The number of nitrogens with zero attached hydrogens (tertiary/aromatic N) is 2. The van der Waals surface area contributed by atoms with Gasteiger partial charge in [-0.2, -0.15) is 0 Å². The van der Waals surface area contributed by atoms with Crippen molar-refractivity contribution in [3.63, 3.8) is 0 Å². The van der Waals surface area contributed by atoms with E-state index >= 15 is 0 Å². The van der Waals surface area contributed by atoms with E-state index < -0.39 is 0 Å². The van der Waals surface area contributed by atoms with E-state index in [0.29, 0.717) is 17.6 Å². The predicted octanol–water partition coefficient (Wildman–Crippen LogP) is 3.58. The third-order valence-corrected chi connectivity index (χ3v) is 4.81. The van der Waals surface area contributed by atoms with Crippen LogP contribution in [0.5, 0.6) is 0 Å². The Morgan fingerprint density at radius 2 is 2.15 bits per heavy atom. The lowest BCUT2D eigenvalue weighted by molar-refractivity contribution is -0.124. The molecular formula is C17H22N2O. The molecule has 2 aliphatic carbocycles. The Balaban J connectivity index is 1.67. The molecule has 3 unspecified atom stereocenters. The average Bonchev–Trinajstić information content (AvgIpc) is 3.27. The van der Waals surface area contributed by atoms with E-state index in [4.69, 9.17) is 0 Å². The first-order valence-electron chi connectivity index (χ1n) is 7.71. The molecule has 3 heteroatoms. The van der Waals surface area contributed by atoms with Crippen LogP contribution in [0.3, 0.4) is 0 Å². The van der Waals surface area contributed by atoms with Crippen LogP contribution < -0.4 is 0 Å². The molecule has 0 amide bonds. The summed E-state index contributed by atoms with van der Waals surface area (Å²) < 4.78 is 0. The fraction of sp³-hybridized carbons (Fsp3) is 0.588. The van der Waals surface area contributed by atoms with Crippen molar-refractivity contribution in [2.45, 2.75) is 46.0 Å². The van der Waals surface area contributed by atoms with Crippen molar-refractivity contribution in [3.05, 3.63) is 29.9 Å². The number of carbonyl (C=O) groups is 1. The Morgan fingerprint density at radius 1 is 1.35 bits per heavy atom. The molecule has 1 aromatic rings. The first-order valence-corrected chi connectivity index (χ1v) is 7.71. The molecule has 0 spiro atoms. The first-order chi connectivity index (χ1) is 9.70. The second-order valence-electron chi connectivity index (χ2n) is 6.10. The molecule has 1 aromatic heterocycles. The van der Waals surface area contributed by atoms with Crippen LogP contribution in [0.25, 0.3) is 5.57 Å². The molecule has 3 atom stereocenters. The number of Topliss-reactive ketones (excluding diaryl/α,β-unsaturated/α-hetero) is 1. The molecule has 1 fully saturated rings. The Kier molecular flexibility index (Phi) is 3.68. The Hall–Kier alpha value is -1.51. The van der Waals surface area contributed by atoms with E-state index in [0.717, 1.165) is 43.5 Å². The number of aromatic nitrogens is 2. The van der Waals surface area contributed by atoms with Crippen LogP contribution in [0, 0.1) is 24.7 Å². The summed E-state index contributed by atoms with van der Waals surface area (Å²) in [6, 6.07) is 0. The third kappa shape index (κ3) is 2.54. The van der Waals surface area contributed by atoms with Gasteiger partial charge in [0.25, 0.3) is 0 Å². The Labute approximate surface area is 120 Å². The molecule has 0 bridgehead atoms. The van der Waals surface area contributed by atoms with E-state index in [9.17, 15) is 4.79 Å². The highest BCUT2D eigenvalue weighted by Gasteiger charge is 2.43. The van der Waals surface area contributed by atoms with Crippen molar-refractivity contribution in [3.8, 4) is 0 Å². The summed E-state index contributed by atoms with van der Waals surface area (Å²) in [4.78, 5) is 21.1. The van der Waals surface area contributed by atoms with Crippen LogP contribution in [0.2, 0.25) is 0 Å². The van der Waals surface area contributed by atoms with Crippen molar-refractivity contribution >= 4 is 11.4 Å². The molecular weight excluding hydrogens is 248 g/mol. The summed E-state index contributed by atoms with van der Waals surface area (Å²) in [5.41, 5.74) is 3.26. The van der Waals surface area contributed by atoms with E-state index in [2.05, 4.69) is 23.0 Å². The van der Waals surface area contributed by atoms with Gasteiger partial charge in [-0.15, -0.1) is 0 Å². The predicted molar refractivity (Wildman–Crippen MR) is 79.0 cm³/mol. The van der Waals surface area contributed by atoms with Gasteiger partial charge in [-0.1, -0.05) is 19.4 Å². The van der Waals surface area contributed by atoms with Gasteiger partial charge in [-0.3, -0.25) is 14.8 Å². The molecule has 0 N–H and O–H groups in total. The van der Waals surface area contributed by atoms with Crippen molar-refractivity contribution < 1.29 is 4.79 Å². The van der Waals surface area contributed by atoms with Gasteiger partial charge >= 0.3 is 0 Å².